The standard InChI is InChI=1S/C17H15ClN2O2S/c18-12-3-4-15-14(10-12)16(21)6-8-20(15)11-17(22)19-7-5-13-2-1-9-23-13/h1-4,6,8-10H,5,7,11H2,(H,19,22). The van der Waals surface area contributed by atoms with Gasteiger partial charge in [-0.1, -0.05) is 17.7 Å². The summed E-state index contributed by atoms with van der Waals surface area (Å²) in [6.07, 6.45) is 2.46. The van der Waals surface area contributed by atoms with Crippen molar-refractivity contribution in [3.05, 3.63) is 68.1 Å². The van der Waals surface area contributed by atoms with Crippen molar-refractivity contribution >= 4 is 39.7 Å². The Balaban J connectivity index is 1.70. The van der Waals surface area contributed by atoms with Gasteiger partial charge in [0.1, 0.15) is 6.54 Å². The van der Waals surface area contributed by atoms with Crippen molar-refractivity contribution in [2.75, 3.05) is 6.54 Å². The fourth-order valence-electron chi connectivity index (χ4n) is 2.41. The predicted octanol–water partition coefficient (Wildman–Crippen LogP) is 3.08. The molecule has 0 aliphatic heterocycles. The van der Waals surface area contributed by atoms with Crippen LogP contribution in [-0.4, -0.2) is 17.0 Å². The molecule has 0 radical (unpaired) electrons. The lowest BCUT2D eigenvalue weighted by atomic mass is 10.2. The fourth-order valence-corrected chi connectivity index (χ4v) is 3.29. The molecule has 0 bridgehead atoms. The second kappa shape index (κ2) is 6.98. The van der Waals surface area contributed by atoms with Crippen molar-refractivity contribution in [3.63, 3.8) is 0 Å². The lowest BCUT2D eigenvalue weighted by molar-refractivity contribution is -0.121. The van der Waals surface area contributed by atoms with E-state index in [1.807, 2.05) is 11.4 Å². The molecule has 0 saturated carbocycles. The Hall–Kier alpha value is -2.11. The van der Waals surface area contributed by atoms with Gasteiger partial charge in [-0.05, 0) is 36.1 Å². The van der Waals surface area contributed by atoms with Gasteiger partial charge in [-0.2, -0.15) is 0 Å². The molecule has 0 aliphatic rings. The van der Waals surface area contributed by atoms with Crippen molar-refractivity contribution in [1.82, 2.24) is 9.88 Å². The highest BCUT2D eigenvalue weighted by Gasteiger charge is 2.07. The number of thiophene rings is 1. The van der Waals surface area contributed by atoms with Crippen LogP contribution < -0.4 is 10.7 Å². The Morgan fingerprint density at radius 2 is 2.13 bits per heavy atom. The highest BCUT2D eigenvalue weighted by molar-refractivity contribution is 7.09. The van der Waals surface area contributed by atoms with Crippen LogP contribution in [-0.2, 0) is 17.8 Å². The lowest BCUT2D eigenvalue weighted by Crippen LogP contribution is -2.29. The minimum Gasteiger partial charge on any atom is -0.354 e. The molecule has 0 saturated heterocycles. The number of amides is 1. The van der Waals surface area contributed by atoms with Crippen molar-refractivity contribution in [1.29, 1.82) is 0 Å². The summed E-state index contributed by atoms with van der Waals surface area (Å²) < 4.78 is 1.76. The summed E-state index contributed by atoms with van der Waals surface area (Å²) in [7, 11) is 0. The first-order chi connectivity index (χ1) is 11.1. The third kappa shape index (κ3) is 3.81. The van der Waals surface area contributed by atoms with Gasteiger partial charge in [0, 0.05) is 34.1 Å². The number of carbonyl (C=O) groups is 1. The van der Waals surface area contributed by atoms with Gasteiger partial charge >= 0.3 is 0 Å². The predicted molar refractivity (Wildman–Crippen MR) is 94.3 cm³/mol. The summed E-state index contributed by atoms with van der Waals surface area (Å²) in [5.41, 5.74) is 0.604. The van der Waals surface area contributed by atoms with Crippen LogP contribution in [0.2, 0.25) is 5.02 Å². The zero-order valence-corrected chi connectivity index (χ0v) is 13.9. The molecule has 4 nitrogen and oxygen atoms in total. The van der Waals surface area contributed by atoms with Crippen LogP contribution in [0.5, 0.6) is 0 Å². The van der Waals surface area contributed by atoms with Gasteiger partial charge in [0.25, 0.3) is 0 Å². The minimum atomic E-state index is -0.100. The Morgan fingerprint density at radius 1 is 1.26 bits per heavy atom. The van der Waals surface area contributed by atoms with E-state index in [2.05, 4.69) is 11.4 Å². The minimum absolute atomic E-state index is 0.0820. The van der Waals surface area contributed by atoms with Crippen molar-refractivity contribution in [2.24, 2.45) is 0 Å². The van der Waals surface area contributed by atoms with Crippen LogP contribution in [0.1, 0.15) is 4.88 Å². The maximum atomic E-state index is 12.1. The SMILES string of the molecule is O=C(Cn1ccc(=O)c2cc(Cl)ccc21)NCCc1cccs1. The van der Waals surface area contributed by atoms with Crippen LogP contribution in [0.15, 0.2) is 52.8 Å². The van der Waals surface area contributed by atoms with E-state index < -0.39 is 0 Å². The van der Waals surface area contributed by atoms with E-state index >= 15 is 0 Å². The van der Waals surface area contributed by atoms with Crippen molar-refractivity contribution in [2.45, 2.75) is 13.0 Å². The van der Waals surface area contributed by atoms with E-state index in [0.717, 1.165) is 6.42 Å². The number of benzene rings is 1. The zero-order valence-electron chi connectivity index (χ0n) is 12.3. The topological polar surface area (TPSA) is 51.1 Å². The number of rotatable bonds is 5. The molecule has 0 unspecified atom stereocenters. The second-order valence-electron chi connectivity index (χ2n) is 5.15. The Bertz CT molecular complexity index is 887. The van der Waals surface area contributed by atoms with Gasteiger partial charge in [0.05, 0.1) is 5.52 Å². The highest BCUT2D eigenvalue weighted by Crippen LogP contribution is 2.16. The normalized spacial score (nSPS) is 10.8. The van der Waals surface area contributed by atoms with Gasteiger partial charge < -0.3 is 9.88 Å². The quantitative estimate of drug-likeness (QED) is 0.772. The molecule has 1 N–H and O–H groups in total. The number of pyridine rings is 1. The third-order valence-electron chi connectivity index (χ3n) is 3.53. The summed E-state index contributed by atoms with van der Waals surface area (Å²) in [4.78, 5) is 25.2. The Labute approximate surface area is 142 Å². The van der Waals surface area contributed by atoms with Crippen LogP contribution in [0, 0.1) is 0 Å². The van der Waals surface area contributed by atoms with E-state index in [9.17, 15) is 9.59 Å². The maximum Gasteiger partial charge on any atom is 0.239 e. The molecule has 0 spiro atoms. The van der Waals surface area contributed by atoms with Crippen LogP contribution in [0.25, 0.3) is 10.9 Å². The molecule has 0 atom stereocenters. The van der Waals surface area contributed by atoms with Crippen LogP contribution in [0.4, 0.5) is 0 Å². The Morgan fingerprint density at radius 3 is 2.91 bits per heavy atom. The van der Waals surface area contributed by atoms with E-state index in [1.54, 1.807) is 40.3 Å². The number of hydrogen-bond acceptors (Lipinski definition) is 3. The number of nitrogens with zero attached hydrogens (tertiary/aromatic N) is 1. The average Bonchev–Trinajstić information content (AvgIpc) is 3.04. The van der Waals surface area contributed by atoms with Gasteiger partial charge in [-0.3, -0.25) is 9.59 Å². The summed E-state index contributed by atoms with van der Waals surface area (Å²) >= 11 is 7.62. The van der Waals surface area contributed by atoms with E-state index in [-0.39, 0.29) is 17.9 Å². The third-order valence-corrected chi connectivity index (χ3v) is 4.70. The largest absolute Gasteiger partial charge is 0.354 e. The fraction of sp³-hybridized carbons (Fsp3) is 0.176. The monoisotopic (exact) mass is 346 g/mol. The first kappa shape index (κ1) is 15.8. The molecule has 1 amide bonds. The van der Waals surface area contributed by atoms with Gasteiger partial charge in [0.15, 0.2) is 5.43 Å². The van der Waals surface area contributed by atoms with Crippen molar-refractivity contribution < 1.29 is 4.79 Å². The van der Waals surface area contributed by atoms with Crippen LogP contribution in [0.3, 0.4) is 0 Å². The number of aromatic nitrogens is 1. The lowest BCUT2D eigenvalue weighted by Gasteiger charge is -2.11. The number of carbonyl (C=O) groups excluding carboxylic acids is 1. The molecule has 0 aliphatic carbocycles. The molecule has 1 aromatic carbocycles. The smallest absolute Gasteiger partial charge is 0.239 e. The van der Waals surface area contributed by atoms with Crippen molar-refractivity contribution in [3.8, 4) is 0 Å². The molecular weight excluding hydrogens is 332 g/mol. The average molecular weight is 347 g/mol. The molecule has 2 aromatic heterocycles. The molecule has 3 rings (SSSR count). The summed E-state index contributed by atoms with van der Waals surface area (Å²) in [5, 5.41) is 5.95. The van der Waals surface area contributed by atoms with E-state index in [0.29, 0.717) is 22.5 Å². The summed E-state index contributed by atoms with van der Waals surface area (Å²) in [6.45, 7) is 0.770. The number of nitrogens with one attached hydrogen (secondary N) is 1. The second-order valence-corrected chi connectivity index (χ2v) is 6.62. The number of halogens is 1. The maximum absolute atomic E-state index is 12.1. The number of hydrogen-bond donors (Lipinski definition) is 1. The summed E-state index contributed by atoms with van der Waals surface area (Å²) in [5.74, 6) is -0.0820. The van der Waals surface area contributed by atoms with Gasteiger partial charge in [-0.25, -0.2) is 0 Å². The first-order valence-electron chi connectivity index (χ1n) is 7.21. The molecular formula is C17H15ClN2O2S. The summed E-state index contributed by atoms with van der Waals surface area (Å²) in [6, 6.07) is 10.6. The number of fused-ring (bicyclic) bond motifs is 1. The highest BCUT2D eigenvalue weighted by atomic mass is 35.5. The molecule has 23 heavy (non-hydrogen) atoms. The molecule has 6 heteroatoms. The molecule has 2 heterocycles. The van der Waals surface area contributed by atoms with Crippen LogP contribution >= 0.6 is 22.9 Å². The molecule has 3 aromatic rings. The molecule has 118 valence electrons. The zero-order chi connectivity index (χ0) is 16.2. The molecule has 0 fully saturated rings. The van der Waals surface area contributed by atoms with Gasteiger partial charge in [-0.15, -0.1) is 11.3 Å². The first-order valence-corrected chi connectivity index (χ1v) is 8.47. The van der Waals surface area contributed by atoms with E-state index in [1.165, 1.54) is 10.9 Å². The van der Waals surface area contributed by atoms with E-state index in [4.69, 9.17) is 11.6 Å². The van der Waals surface area contributed by atoms with Gasteiger partial charge in [0.2, 0.25) is 5.91 Å². The Kier molecular flexibility index (Phi) is 4.79.